The second kappa shape index (κ2) is 3.36. The number of halogens is 1. The van der Waals surface area contributed by atoms with E-state index in [1.165, 1.54) is 6.07 Å². The minimum Gasteiger partial charge on any atom is -0.477 e. The van der Waals surface area contributed by atoms with Crippen molar-refractivity contribution in [2.45, 2.75) is 0 Å². The molecule has 0 spiro atoms. The third-order valence-corrected chi connectivity index (χ3v) is 1.33. The summed E-state index contributed by atoms with van der Waals surface area (Å²) < 4.78 is 0. The topological polar surface area (TPSA) is 75.1 Å². The number of nitrogens with one attached hydrogen (secondary N) is 1. The number of hydrogen-bond donors (Lipinski definition) is 2. The van der Waals surface area contributed by atoms with Gasteiger partial charge in [-0.25, -0.2) is 14.8 Å². The Morgan fingerprint density at radius 3 is 2.83 bits per heavy atom. The van der Waals surface area contributed by atoms with Gasteiger partial charge in [-0.2, -0.15) is 0 Å². The molecule has 0 unspecified atom stereocenters. The molecule has 0 radical (unpaired) electrons. The first-order valence-electron chi connectivity index (χ1n) is 3.09. The molecule has 1 aromatic heterocycles. The molecule has 0 bridgehead atoms. The van der Waals surface area contributed by atoms with Crippen LogP contribution in [0.4, 0.5) is 5.95 Å². The maximum Gasteiger partial charge on any atom is 0.354 e. The molecule has 0 aliphatic heterocycles. The van der Waals surface area contributed by atoms with Gasteiger partial charge in [-0.05, 0) is 0 Å². The van der Waals surface area contributed by atoms with Gasteiger partial charge in [-0.15, -0.1) is 0 Å². The van der Waals surface area contributed by atoms with Crippen LogP contribution in [-0.2, 0) is 0 Å². The zero-order valence-corrected chi connectivity index (χ0v) is 6.96. The maximum absolute atomic E-state index is 10.4. The summed E-state index contributed by atoms with van der Waals surface area (Å²) in [7, 11) is 1.58. The quantitative estimate of drug-likeness (QED) is 0.672. The van der Waals surface area contributed by atoms with Gasteiger partial charge in [0.1, 0.15) is 5.15 Å². The van der Waals surface area contributed by atoms with E-state index in [2.05, 4.69) is 15.3 Å². The summed E-state index contributed by atoms with van der Waals surface area (Å²) in [5.41, 5.74) is -0.126. The summed E-state index contributed by atoms with van der Waals surface area (Å²) in [4.78, 5) is 17.8. The van der Waals surface area contributed by atoms with Crippen LogP contribution in [0.3, 0.4) is 0 Å². The Bertz CT molecular complexity index is 316. The highest BCUT2D eigenvalue weighted by Crippen LogP contribution is 2.09. The zero-order valence-electron chi connectivity index (χ0n) is 6.21. The summed E-state index contributed by atoms with van der Waals surface area (Å²) in [6, 6.07) is 1.19. The van der Waals surface area contributed by atoms with Crippen LogP contribution in [0.15, 0.2) is 6.07 Å². The Labute approximate surface area is 73.4 Å². The normalized spacial score (nSPS) is 9.50. The largest absolute Gasteiger partial charge is 0.477 e. The lowest BCUT2D eigenvalue weighted by Gasteiger charge is -1.99. The van der Waals surface area contributed by atoms with Crippen molar-refractivity contribution in [2.75, 3.05) is 12.4 Å². The van der Waals surface area contributed by atoms with E-state index < -0.39 is 5.97 Å². The standard InChI is InChI=1S/C6H6ClN3O2/c1-8-6-9-3(5(11)12)2-4(7)10-6/h2H,1H3,(H,11,12)(H,8,9,10). The molecule has 0 fully saturated rings. The van der Waals surface area contributed by atoms with Gasteiger partial charge in [0, 0.05) is 13.1 Å². The SMILES string of the molecule is CNc1nc(Cl)cc(C(=O)O)n1. The number of hydrogen-bond acceptors (Lipinski definition) is 4. The Morgan fingerprint density at radius 2 is 2.33 bits per heavy atom. The molecule has 0 aliphatic carbocycles. The molecule has 0 saturated carbocycles. The van der Waals surface area contributed by atoms with Crippen molar-refractivity contribution < 1.29 is 9.90 Å². The first kappa shape index (κ1) is 8.73. The summed E-state index contributed by atoms with van der Waals surface area (Å²) in [5.74, 6) is -0.935. The molecular formula is C6H6ClN3O2. The minimum absolute atomic E-state index is 0.103. The highest BCUT2D eigenvalue weighted by atomic mass is 35.5. The molecule has 0 saturated heterocycles. The van der Waals surface area contributed by atoms with Gasteiger partial charge in [-0.3, -0.25) is 0 Å². The molecule has 12 heavy (non-hydrogen) atoms. The van der Waals surface area contributed by atoms with Crippen LogP contribution in [0.5, 0.6) is 0 Å². The van der Waals surface area contributed by atoms with Gasteiger partial charge >= 0.3 is 5.97 Å². The Morgan fingerprint density at radius 1 is 1.67 bits per heavy atom. The lowest BCUT2D eigenvalue weighted by molar-refractivity contribution is 0.0690. The number of carbonyl (C=O) groups is 1. The second-order valence-electron chi connectivity index (χ2n) is 1.95. The maximum atomic E-state index is 10.4. The first-order chi connectivity index (χ1) is 5.63. The van der Waals surface area contributed by atoms with Crippen molar-refractivity contribution in [1.82, 2.24) is 9.97 Å². The highest BCUT2D eigenvalue weighted by Gasteiger charge is 2.07. The fourth-order valence-corrected chi connectivity index (χ4v) is 0.822. The molecule has 0 aliphatic rings. The predicted octanol–water partition coefficient (Wildman–Crippen LogP) is 0.870. The average Bonchev–Trinajstić information content (AvgIpc) is 2.03. The Hall–Kier alpha value is -1.36. The van der Waals surface area contributed by atoms with Crippen LogP contribution in [0.25, 0.3) is 0 Å². The number of nitrogens with zero attached hydrogens (tertiary/aromatic N) is 2. The molecule has 0 atom stereocenters. The van der Waals surface area contributed by atoms with E-state index in [1.54, 1.807) is 7.05 Å². The van der Waals surface area contributed by atoms with E-state index in [4.69, 9.17) is 16.7 Å². The van der Waals surface area contributed by atoms with E-state index in [0.717, 1.165) is 0 Å². The molecule has 2 N–H and O–H groups in total. The van der Waals surface area contributed by atoms with E-state index in [9.17, 15) is 4.79 Å². The molecule has 0 aromatic carbocycles. The van der Waals surface area contributed by atoms with Crippen LogP contribution in [0, 0.1) is 0 Å². The van der Waals surface area contributed by atoms with Crippen molar-refractivity contribution in [2.24, 2.45) is 0 Å². The van der Waals surface area contributed by atoms with Crippen molar-refractivity contribution in [1.29, 1.82) is 0 Å². The van der Waals surface area contributed by atoms with E-state index >= 15 is 0 Å². The van der Waals surface area contributed by atoms with Crippen LogP contribution in [-0.4, -0.2) is 28.1 Å². The average molecular weight is 188 g/mol. The van der Waals surface area contributed by atoms with Gasteiger partial charge in [0.25, 0.3) is 0 Å². The zero-order chi connectivity index (χ0) is 9.14. The number of rotatable bonds is 2. The number of carboxylic acids is 1. The van der Waals surface area contributed by atoms with Gasteiger partial charge in [-0.1, -0.05) is 11.6 Å². The van der Waals surface area contributed by atoms with Crippen molar-refractivity contribution in [3.05, 3.63) is 16.9 Å². The predicted molar refractivity (Wildman–Crippen MR) is 43.5 cm³/mol. The molecule has 0 amide bonds. The lowest BCUT2D eigenvalue weighted by Crippen LogP contribution is -2.05. The van der Waals surface area contributed by atoms with Crippen molar-refractivity contribution in [3.8, 4) is 0 Å². The third-order valence-electron chi connectivity index (χ3n) is 1.14. The second-order valence-corrected chi connectivity index (χ2v) is 2.34. The molecule has 5 nitrogen and oxygen atoms in total. The number of aromatic carboxylic acids is 1. The smallest absolute Gasteiger partial charge is 0.354 e. The van der Waals surface area contributed by atoms with Gasteiger partial charge < -0.3 is 10.4 Å². The fraction of sp³-hybridized carbons (Fsp3) is 0.167. The number of aromatic nitrogens is 2. The fourth-order valence-electron chi connectivity index (χ4n) is 0.639. The third kappa shape index (κ3) is 1.82. The molecular weight excluding hydrogens is 182 g/mol. The Kier molecular flexibility index (Phi) is 2.44. The highest BCUT2D eigenvalue weighted by molar-refractivity contribution is 6.29. The van der Waals surface area contributed by atoms with Gasteiger partial charge in [0.05, 0.1) is 0 Å². The van der Waals surface area contributed by atoms with E-state index in [1.807, 2.05) is 0 Å². The van der Waals surface area contributed by atoms with Gasteiger partial charge in [0.2, 0.25) is 5.95 Å². The van der Waals surface area contributed by atoms with Crippen molar-refractivity contribution in [3.63, 3.8) is 0 Å². The van der Waals surface area contributed by atoms with E-state index in [0.29, 0.717) is 0 Å². The number of anilines is 1. The van der Waals surface area contributed by atoms with Crippen molar-refractivity contribution >= 4 is 23.5 Å². The summed E-state index contributed by atoms with van der Waals surface area (Å²) in [6.07, 6.45) is 0. The first-order valence-corrected chi connectivity index (χ1v) is 3.47. The van der Waals surface area contributed by atoms with Crippen LogP contribution in [0.1, 0.15) is 10.5 Å². The monoisotopic (exact) mass is 187 g/mol. The molecule has 1 aromatic rings. The lowest BCUT2D eigenvalue weighted by atomic mass is 10.4. The van der Waals surface area contributed by atoms with Crippen LogP contribution < -0.4 is 5.32 Å². The Balaban J connectivity index is 3.15. The molecule has 64 valence electrons. The minimum atomic E-state index is -1.13. The van der Waals surface area contributed by atoms with Crippen LogP contribution >= 0.6 is 11.6 Å². The molecule has 1 rings (SSSR count). The number of carboxylic acid groups (broad SMARTS) is 1. The molecule has 1 heterocycles. The van der Waals surface area contributed by atoms with E-state index in [-0.39, 0.29) is 16.8 Å². The summed E-state index contributed by atoms with van der Waals surface area (Å²) in [6.45, 7) is 0. The van der Waals surface area contributed by atoms with Crippen LogP contribution in [0.2, 0.25) is 5.15 Å². The summed E-state index contributed by atoms with van der Waals surface area (Å²) in [5, 5.41) is 11.2. The van der Waals surface area contributed by atoms with Gasteiger partial charge in [0.15, 0.2) is 5.69 Å². The molecule has 6 heteroatoms. The summed E-state index contributed by atoms with van der Waals surface area (Å²) >= 11 is 5.52.